The Morgan fingerprint density at radius 1 is 1.43 bits per heavy atom. The van der Waals surface area contributed by atoms with Gasteiger partial charge in [-0.15, -0.1) is 0 Å². The van der Waals surface area contributed by atoms with Crippen molar-refractivity contribution in [3.8, 4) is 0 Å². The van der Waals surface area contributed by atoms with E-state index in [2.05, 4.69) is 45.3 Å². The van der Waals surface area contributed by atoms with Gasteiger partial charge in [0.1, 0.15) is 0 Å². The van der Waals surface area contributed by atoms with Crippen LogP contribution in [0.5, 0.6) is 0 Å². The number of anilines is 1. The summed E-state index contributed by atoms with van der Waals surface area (Å²) < 4.78 is 0.904. The van der Waals surface area contributed by atoms with Crippen molar-refractivity contribution in [1.29, 1.82) is 0 Å². The van der Waals surface area contributed by atoms with E-state index < -0.39 is 0 Å². The van der Waals surface area contributed by atoms with Crippen molar-refractivity contribution in [2.75, 3.05) is 31.5 Å². The van der Waals surface area contributed by atoms with Crippen LogP contribution >= 0.6 is 15.9 Å². The molecule has 1 amide bonds. The smallest absolute Gasteiger partial charge is 0.238 e. The molecule has 1 aromatic carbocycles. The van der Waals surface area contributed by atoms with Crippen LogP contribution in [0.2, 0.25) is 0 Å². The first-order valence-electron chi connectivity index (χ1n) is 7.55. The summed E-state index contributed by atoms with van der Waals surface area (Å²) in [5.41, 5.74) is 0.816. The van der Waals surface area contributed by atoms with E-state index in [1.165, 1.54) is 13.0 Å². The van der Waals surface area contributed by atoms with Gasteiger partial charge in [-0.1, -0.05) is 12.1 Å². The van der Waals surface area contributed by atoms with E-state index >= 15 is 0 Å². The summed E-state index contributed by atoms with van der Waals surface area (Å²) in [6.45, 7) is 8.05. The number of likely N-dealkylation sites (tertiary alicyclic amines) is 1. The second-order valence-corrected chi connectivity index (χ2v) is 6.76. The highest BCUT2D eigenvalue weighted by molar-refractivity contribution is 9.10. The predicted molar refractivity (Wildman–Crippen MR) is 90.5 cm³/mol. The highest BCUT2D eigenvalue weighted by Crippen LogP contribution is 2.21. The minimum Gasteiger partial charge on any atom is -0.324 e. The molecule has 1 unspecified atom stereocenters. The number of halogens is 1. The van der Waals surface area contributed by atoms with Gasteiger partial charge in [-0.25, -0.2) is 0 Å². The molecule has 1 saturated heterocycles. The van der Waals surface area contributed by atoms with Gasteiger partial charge in [0.05, 0.1) is 12.2 Å². The summed E-state index contributed by atoms with van der Waals surface area (Å²) in [5, 5.41) is 6.18. The summed E-state index contributed by atoms with van der Waals surface area (Å²) >= 11 is 3.43. The zero-order valence-corrected chi connectivity index (χ0v) is 14.3. The van der Waals surface area contributed by atoms with E-state index in [0.717, 1.165) is 23.2 Å². The molecule has 0 aliphatic carbocycles. The number of carbonyl (C=O) groups is 1. The predicted octanol–water partition coefficient (Wildman–Crippen LogP) is 2.71. The molecule has 116 valence electrons. The maximum Gasteiger partial charge on any atom is 0.238 e. The first-order chi connectivity index (χ1) is 10.1. The Morgan fingerprint density at radius 2 is 2.19 bits per heavy atom. The quantitative estimate of drug-likeness (QED) is 0.826. The molecule has 1 aliphatic heterocycles. The lowest BCUT2D eigenvalue weighted by molar-refractivity contribution is -0.115. The summed E-state index contributed by atoms with van der Waals surface area (Å²) in [6.07, 6.45) is 1.22. The zero-order valence-electron chi connectivity index (χ0n) is 12.7. The third-order valence-corrected chi connectivity index (χ3v) is 4.61. The van der Waals surface area contributed by atoms with Gasteiger partial charge in [-0.2, -0.15) is 0 Å². The molecule has 0 saturated carbocycles. The van der Waals surface area contributed by atoms with E-state index in [-0.39, 0.29) is 5.91 Å². The molecule has 1 heterocycles. The van der Waals surface area contributed by atoms with Crippen LogP contribution in [0.25, 0.3) is 0 Å². The maximum atomic E-state index is 11.9. The Balaban J connectivity index is 1.67. The van der Waals surface area contributed by atoms with Gasteiger partial charge >= 0.3 is 0 Å². The van der Waals surface area contributed by atoms with Gasteiger partial charge in [0.2, 0.25) is 5.91 Å². The lowest BCUT2D eigenvalue weighted by Crippen LogP contribution is -2.34. The number of hydrogen-bond donors (Lipinski definition) is 2. The number of amides is 1. The molecule has 2 N–H and O–H groups in total. The fourth-order valence-corrected chi connectivity index (χ4v) is 3.03. The Bertz CT molecular complexity index is 478. The number of nitrogens with one attached hydrogen (secondary N) is 2. The molecule has 1 fully saturated rings. The van der Waals surface area contributed by atoms with Crippen LogP contribution in [0, 0.1) is 5.92 Å². The van der Waals surface area contributed by atoms with Crippen molar-refractivity contribution >= 4 is 27.5 Å². The molecule has 1 atom stereocenters. The van der Waals surface area contributed by atoms with Crippen molar-refractivity contribution < 1.29 is 4.79 Å². The lowest BCUT2D eigenvalue weighted by atomic mass is 10.1. The standard InChI is InChI=1S/C16H24BrN3O/c1-12(2)20-8-7-13(11-20)9-18-10-16(21)19-15-6-4-3-5-14(15)17/h3-6,12-13,18H,7-11H2,1-2H3,(H,19,21). The van der Waals surface area contributed by atoms with E-state index in [1.807, 2.05) is 24.3 Å². The van der Waals surface area contributed by atoms with Gasteiger partial charge in [-0.05, 0) is 67.3 Å². The van der Waals surface area contributed by atoms with Crippen molar-refractivity contribution in [3.63, 3.8) is 0 Å². The van der Waals surface area contributed by atoms with Crippen molar-refractivity contribution in [2.45, 2.75) is 26.3 Å². The SMILES string of the molecule is CC(C)N1CCC(CNCC(=O)Nc2ccccc2Br)C1. The largest absolute Gasteiger partial charge is 0.324 e. The minimum atomic E-state index is 0.000567. The summed E-state index contributed by atoms with van der Waals surface area (Å²) in [4.78, 5) is 14.4. The number of carbonyl (C=O) groups excluding carboxylic acids is 1. The normalized spacial score (nSPS) is 19.1. The average molecular weight is 354 g/mol. The molecule has 1 aliphatic rings. The number of hydrogen-bond acceptors (Lipinski definition) is 3. The second kappa shape index (κ2) is 7.92. The van der Waals surface area contributed by atoms with Gasteiger partial charge in [0, 0.05) is 17.1 Å². The van der Waals surface area contributed by atoms with Gasteiger partial charge in [0.15, 0.2) is 0 Å². The highest BCUT2D eigenvalue weighted by atomic mass is 79.9. The molecule has 1 aromatic rings. The van der Waals surface area contributed by atoms with Crippen LogP contribution in [0.4, 0.5) is 5.69 Å². The monoisotopic (exact) mass is 353 g/mol. The summed E-state index contributed by atoms with van der Waals surface area (Å²) in [5.74, 6) is 0.657. The van der Waals surface area contributed by atoms with Crippen molar-refractivity contribution in [1.82, 2.24) is 10.2 Å². The molecular weight excluding hydrogens is 330 g/mol. The number of para-hydroxylation sites is 1. The molecular formula is C16H24BrN3O. The number of benzene rings is 1. The highest BCUT2D eigenvalue weighted by Gasteiger charge is 2.23. The third kappa shape index (κ3) is 5.09. The first kappa shape index (κ1) is 16.5. The summed E-state index contributed by atoms with van der Waals surface area (Å²) in [6, 6.07) is 8.26. The van der Waals surface area contributed by atoms with Crippen molar-refractivity contribution in [3.05, 3.63) is 28.7 Å². The van der Waals surface area contributed by atoms with Crippen LogP contribution in [0.15, 0.2) is 28.7 Å². The van der Waals surface area contributed by atoms with E-state index in [0.29, 0.717) is 18.5 Å². The minimum absolute atomic E-state index is 0.000567. The molecule has 5 heteroatoms. The fourth-order valence-electron chi connectivity index (χ4n) is 2.65. The summed E-state index contributed by atoms with van der Waals surface area (Å²) in [7, 11) is 0. The van der Waals surface area contributed by atoms with Gasteiger partial charge < -0.3 is 15.5 Å². The van der Waals surface area contributed by atoms with Crippen LogP contribution < -0.4 is 10.6 Å². The Morgan fingerprint density at radius 3 is 2.86 bits per heavy atom. The Labute approximate surface area is 135 Å². The Kier molecular flexibility index (Phi) is 6.21. The maximum absolute atomic E-state index is 11.9. The molecule has 0 bridgehead atoms. The fraction of sp³-hybridized carbons (Fsp3) is 0.562. The van der Waals surface area contributed by atoms with Crippen LogP contribution in [-0.4, -0.2) is 43.0 Å². The Hall–Kier alpha value is -0.910. The molecule has 2 rings (SSSR count). The number of nitrogens with zero attached hydrogens (tertiary/aromatic N) is 1. The van der Waals surface area contributed by atoms with E-state index in [9.17, 15) is 4.79 Å². The average Bonchev–Trinajstić information content (AvgIpc) is 2.90. The van der Waals surface area contributed by atoms with Crippen LogP contribution in [-0.2, 0) is 4.79 Å². The van der Waals surface area contributed by atoms with Gasteiger partial charge in [-0.3, -0.25) is 4.79 Å². The van der Waals surface area contributed by atoms with Crippen molar-refractivity contribution in [2.24, 2.45) is 5.92 Å². The zero-order chi connectivity index (χ0) is 15.2. The van der Waals surface area contributed by atoms with Gasteiger partial charge in [0.25, 0.3) is 0 Å². The molecule has 0 aromatic heterocycles. The molecule has 4 nitrogen and oxygen atoms in total. The topological polar surface area (TPSA) is 44.4 Å². The molecule has 0 radical (unpaired) electrons. The molecule has 0 spiro atoms. The lowest BCUT2D eigenvalue weighted by Gasteiger charge is -2.20. The third-order valence-electron chi connectivity index (χ3n) is 3.91. The molecule has 21 heavy (non-hydrogen) atoms. The van der Waals surface area contributed by atoms with Crippen LogP contribution in [0.1, 0.15) is 20.3 Å². The van der Waals surface area contributed by atoms with Crippen LogP contribution in [0.3, 0.4) is 0 Å². The first-order valence-corrected chi connectivity index (χ1v) is 8.34. The van der Waals surface area contributed by atoms with E-state index in [4.69, 9.17) is 0 Å². The van der Waals surface area contributed by atoms with E-state index in [1.54, 1.807) is 0 Å². The number of rotatable bonds is 6. The second-order valence-electron chi connectivity index (χ2n) is 5.90.